The van der Waals surface area contributed by atoms with Gasteiger partial charge in [0.15, 0.2) is 0 Å². The highest BCUT2D eigenvalue weighted by Crippen LogP contribution is 2.07. The summed E-state index contributed by atoms with van der Waals surface area (Å²) in [6.07, 6.45) is 4.57. The third kappa shape index (κ3) is 4.91. The second-order valence-corrected chi connectivity index (χ2v) is 5.54. The van der Waals surface area contributed by atoms with E-state index in [1.165, 1.54) is 10.8 Å². The van der Waals surface area contributed by atoms with Gasteiger partial charge in [0.2, 0.25) is 5.88 Å². The average Bonchev–Trinajstić information content (AvgIpc) is 2.83. The monoisotopic (exact) mass is 333 g/mol. The summed E-state index contributed by atoms with van der Waals surface area (Å²) in [5.41, 5.74) is 0.287. The molecule has 7 heteroatoms. The predicted octanol–water partition coefficient (Wildman–Crippen LogP) is 2.12. The van der Waals surface area contributed by atoms with Crippen LogP contribution in [-0.2, 0) is 6.54 Å². The Hall–Kier alpha value is -2.70. The van der Waals surface area contributed by atoms with E-state index in [0.717, 1.165) is 31.2 Å². The van der Waals surface area contributed by atoms with Crippen LogP contribution < -0.4 is 15.8 Å². The molecular formula is C17H23N3O4. The minimum Gasteiger partial charge on any atom is -0.491 e. The number of rotatable bonds is 8. The zero-order valence-corrected chi connectivity index (χ0v) is 13.8. The van der Waals surface area contributed by atoms with E-state index in [1.54, 1.807) is 0 Å². The van der Waals surface area contributed by atoms with Crippen molar-refractivity contribution in [2.75, 3.05) is 6.54 Å². The molecule has 0 bridgehead atoms. The zero-order chi connectivity index (χ0) is 17.4. The first-order valence-electron chi connectivity index (χ1n) is 8.13. The third-order valence-electron chi connectivity index (χ3n) is 3.57. The lowest BCUT2D eigenvalue weighted by Crippen LogP contribution is -2.38. The number of amides is 1. The van der Waals surface area contributed by atoms with Crippen molar-refractivity contribution in [3.05, 3.63) is 52.6 Å². The van der Waals surface area contributed by atoms with Gasteiger partial charge in [-0.05, 0) is 12.0 Å². The van der Waals surface area contributed by atoms with E-state index < -0.39 is 17.7 Å². The third-order valence-corrected chi connectivity index (χ3v) is 3.57. The maximum Gasteiger partial charge on any atom is 0.432 e. The molecule has 0 saturated carbocycles. The summed E-state index contributed by atoms with van der Waals surface area (Å²) in [5, 5.41) is 12.4. The molecule has 0 radical (unpaired) electrons. The Labute approximate surface area is 140 Å². The molecule has 2 rings (SSSR count). The van der Waals surface area contributed by atoms with Gasteiger partial charge in [0, 0.05) is 6.54 Å². The van der Waals surface area contributed by atoms with Gasteiger partial charge in [0.1, 0.15) is 0 Å². The predicted molar refractivity (Wildman–Crippen MR) is 90.0 cm³/mol. The SMILES string of the molecule is CCCCCCNC(=O)On1c(O)cn(Cc2ccccc2)c1=O. The Bertz CT molecular complexity index is 706. The molecule has 0 atom stereocenters. The van der Waals surface area contributed by atoms with E-state index in [4.69, 9.17) is 4.84 Å². The van der Waals surface area contributed by atoms with Crippen molar-refractivity contribution in [3.8, 4) is 5.88 Å². The second kappa shape index (κ2) is 8.81. The van der Waals surface area contributed by atoms with Crippen molar-refractivity contribution in [2.45, 2.75) is 39.2 Å². The Morgan fingerprint density at radius 1 is 1.21 bits per heavy atom. The lowest BCUT2D eigenvalue weighted by atomic mass is 10.2. The zero-order valence-electron chi connectivity index (χ0n) is 13.8. The number of aromatic nitrogens is 2. The van der Waals surface area contributed by atoms with Crippen LogP contribution in [0.2, 0.25) is 0 Å². The molecule has 1 aromatic carbocycles. The van der Waals surface area contributed by atoms with Crippen molar-refractivity contribution in [3.63, 3.8) is 0 Å². The van der Waals surface area contributed by atoms with Crippen LogP contribution in [-0.4, -0.2) is 27.0 Å². The summed E-state index contributed by atoms with van der Waals surface area (Å²) in [6.45, 7) is 2.86. The van der Waals surface area contributed by atoms with Crippen LogP contribution in [0.4, 0.5) is 4.79 Å². The van der Waals surface area contributed by atoms with Crippen LogP contribution in [0, 0.1) is 0 Å². The molecule has 2 N–H and O–H groups in total. The van der Waals surface area contributed by atoms with Gasteiger partial charge in [-0.1, -0.05) is 61.2 Å². The molecule has 0 aliphatic carbocycles. The average molecular weight is 333 g/mol. The standard InChI is InChI=1S/C17H23N3O4/c1-2-3-4-8-11-18-16(22)24-20-15(21)13-19(17(20)23)12-14-9-6-5-7-10-14/h5-7,9-10,13,21H,2-4,8,11-12H2,1H3,(H,18,22). The highest BCUT2D eigenvalue weighted by Gasteiger charge is 2.15. The van der Waals surface area contributed by atoms with Crippen LogP contribution in [0.1, 0.15) is 38.2 Å². The molecule has 0 saturated heterocycles. The summed E-state index contributed by atoms with van der Waals surface area (Å²) in [4.78, 5) is 28.8. The molecule has 1 heterocycles. The fraction of sp³-hybridized carbons (Fsp3) is 0.412. The second-order valence-electron chi connectivity index (χ2n) is 5.54. The quantitative estimate of drug-likeness (QED) is 0.725. The number of unbranched alkanes of at least 4 members (excludes halogenated alkanes) is 3. The van der Waals surface area contributed by atoms with Gasteiger partial charge in [-0.15, -0.1) is 0 Å². The molecule has 0 fully saturated rings. The van der Waals surface area contributed by atoms with E-state index in [0.29, 0.717) is 11.3 Å². The lowest BCUT2D eigenvalue weighted by Gasteiger charge is -2.06. The van der Waals surface area contributed by atoms with Crippen LogP contribution >= 0.6 is 0 Å². The molecule has 0 unspecified atom stereocenters. The van der Waals surface area contributed by atoms with Gasteiger partial charge in [-0.2, -0.15) is 0 Å². The summed E-state index contributed by atoms with van der Waals surface area (Å²) >= 11 is 0. The molecule has 0 aliphatic heterocycles. The maximum atomic E-state index is 12.2. The Morgan fingerprint density at radius 2 is 1.96 bits per heavy atom. The molecular weight excluding hydrogens is 310 g/mol. The number of hydrogen-bond acceptors (Lipinski definition) is 4. The summed E-state index contributed by atoms with van der Waals surface area (Å²) in [6, 6.07) is 9.33. The van der Waals surface area contributed by atoms with Crippen LogP contribution in [0.25, 0.3) is 0 Å². The molecule has 1 aromatic heterocycles. The fourth-order valence-corrected chi connectivity index (χ4v) is 2.30. The Morgan fingerprint density at radius 3 is 2.67 bits per heavy atom. The number of carbonyl (C=O) groups is 1. The van der Waals surface area contributed by atoms with Crippen molar-refractivity contribution < 1.29 is 14.7 Å². The van der Waals surface area contributed by atoms with E-state index in [1.807, 2.05) is 30.3 Å². The van der Waals surface area contributed by atoms with Crippen LogP contribution in [0.5, 0.6) is 5.88 Å². The first kappa shape index (κ1) is 17.7. The number of imidazole rings is 1. The van der Waals surface area contributed by atoms with E-state index >= 15 is 0 Å². The highest BCUT2D eigenvalue weighted by atomic mass is 16.7. The van der Waals surface area contributed by atoms with Crippen molar-refractivity contribution in [2.24, 2.45) is 0 Å². The van der Waals surface area contributed by atoms with Crippen molar-refractivity contribution >= 4 is 6.09 Å². The molecule has 130 valence electrons. The summed E-state index contributed by atoms with van der Waals surface area (Å²) in [7, 11) is 0. The van der Waals surface area contributed by atoms with E-state index in [2.05, 4.69) is 12.2 Å². The maximum absolute atomic E-state index is 12.2. The minimum atomic E-state index is -0.763. The number of hydrogen-bond donors (Lipinski definition) is 2. The molecule has 7 nitrogen and oxygen atoms in total. The molecule has 0 aliphatic rings. The Balaban J connectivity index is 1.94. The molecule has 1 amide bonds. The highest BCUT2D eigenvalue weighted by molar-refractivity contribution is 5.67. The van der Waals surface area contributed by atoms with Gasteiger partial charge >= 0.3 is 11.8 Å². The van der Waals surface area contributed by atoms with Gasteiger partial charge in [-0.3, -0.25) is 4.57 Å². The smallest absolute Gasteiger partial charge is 0.432 e. The Kier molecular flexibility index (Phi) is 6.48. The summed E-state index contributed by atoms with van der Waals surface area (Å²) < 4.78 is 1.86. The van der Waals surface area contributed by atoms with Gasteiger partial charge in [-0.25, -0.2) is 9.59 Å². The minimum absolute atomic E-state index is 0.280. The first-order valence-corrected chi connectivity index (χ1v) is 8.13. The number of aromatic hydroxyl groups is 1. The first-order chi connectivity index (χ1) is 11.6. The normalized spacial score (nSPS) is 10.5. The van der Waals surface area contributed by atoms with Gasteiger partial charge in [0.05, 0.1) is 12.7 Å². The molecule has 0 spiro atoms. The number of carbonyl (C=O) groups excluding carboxylic acids is 1. The lowest BCUT2D eigenvalue weighted by molar-refractivity contribution is 0.115. The fourth-order valence-electron chi connectivity index (χ4n) is 2.30. The molecule has 2 aromatic rings. The summed E-state index contributed by atoms with van der Waals surface area (Å²) in [5.74, 6) is -0.419. The van der Waals surface area contributed by atoms with Gasteiger partial charge < -0.3 is 15.3 Å². The van der Waals surface area contributed by atoms with Crippen molar-refractivity contribution in [1.29, 1.82) is 0 Å². The van der Waals surface area contributed by atoms with E-state index in [9.17, 15) is 14.7 Å². The molecule has 24 heavy (non-hydrogen) atoms. The largest absolute Gasteiger partial charge is 0.491 e. The number of benzene rings is 1. The number of nitrogens with zero attached hydrogens (tertiary/aromatic N) is 2. The topological polar surface area (TPSA) is 85.5 Å². The number of nitrogens with one attached hydrogen (secondary N) is 1. The van der Waals surface area contributed by atoms with Crippen molar-refractivity contribution in [1.82, 2.24) is 14.6 Å². The van der Waals surface area contributed by atoms with Crippen LogP contribution in [0.15, 0.2) is 41.3 Å². The van der Waals surface area contributed by atoms with E-state index in [-0.39, 0.29) is 6.54 Å². The van der Waals surface area contributed by atoms with Gasteiger partial charge in [0.25, 0.3) is 0 Å². The van der Waals surface area contributed by atoms with Crippen LogP contribution in [0.3, 0.4) is 0 Å².